The first-order valence-corrected chi connectivity index (χ1v) is 7.98. The normalized spacial score (nSPS) is 10.7. The summed E-state index contributed by atoms with van der Waals surface area (Å²) in [5, 5.41) is 9.87. The maximum atomic E-state index is 10.7. The number of rotatable bonds is 7. The minimum absolute atomic E-state index is 0.171. The Hall–Kier alpha value is -2.88. The highest BCUT2D eigenvalue weighted by Gasteiger charge is 2.06. The molecule has 2 aromatic carbocycles. The molecule has 3 rings (SSSR count). The molecule has 4 nitrogen and oxygen atoms in total. The van der Waals surface area contributed by atoms with E-state index >= 15 is 0 Å². The Labute approximate surface area is 140 Å². The number of hydrogen-bond acceptors (Lipinski definition) is 3. The Morgan fingerprint density at radius 2 is 1.96 bits per heavy atom. The summed E-state index contributed by atoms with van der Waals surface area (Å²) in [6.45, 7) is 0.461. The Bertz CT molecular complexity index is 845. The number of para-hydroxylation sites is 1. The van der Waals surface area contributed by atoms with Crippen LogP contribution in [0.15, 0.2) is 60.8 Å². The van der Waals surface area contributed by atoms with E-state index in [0.717, 1.165) is 27.8 Å². The lowest BCUT2D eigenvalue weighted by Crippen LogP contribution is -2.00. The Balaban J connectivity index is 1.68. The van der Waals surface area contributed by atoms with Gasteiger partial charge in [-0.25, -0.2) is 0 Å². The number of carboxylic acids is 1. The van der Waals surface area contributed by atoms with Gasteiger partial charge < -0.3 is 9.84 Å². The number of pyridine rings is 1. The van der Waals surface area contributed by atoms with E-state index in [-0.39, 0.29) is 6.42 Å². The smallest absolute Gasteiger partial charge is 0.303 e. The van der Waals surface area contributed by atoms with Gasteiger partial charge in [0.05, 0.1) is 5.52 Å². The number of benzene rings is 2. The van der Waals surface area contributed by atoms with Gasteiger partial charge in [-0.05, 0) is 42.2 Å². The highest BCUT2D eigenvalue weighted by atomic mass is 16.5. The zero-order chi connectivity index (χ0) is 16.8. The number of hydrogen-bond donors (Lipinski definition) is 1. The Kier molecular flexibility index (Phi) is 5.06. The molecule has 0 saturated carbocycles. The first kappa shape index (κ1) is 16.0. The van der Waals surface area contributed by atoms with Crippen LogP contribution in [0.4, 0.5) is 0 Å². The molecule has 3 aromatic rings. The van der Waals surface area contributed by atoms with E-state index < -0.39 is 5.97 Å². The van der Waals surface area contributed by atoms with Crippen LogP contribution < -0.4 is 4.74 Å². The molecule has 0 aliphatic heterocycles. The van der Waals surface area contributed by atoms with Crippen LogP contribution in [0.5, 0.6) is 5.75 Å². The molecule has 0 aliphatic carbocycles. The van der Waals surface area contributed by atoms with Crippen molar-refractivity contribution in [3.63, 3.8) is 0 Å². The molecule has 122 valence electrons. The topological polar surface area (TPSA) is 59.4 Å². The summed E-state index contributed by atoms with van der Waals surface area (Å²) in [6, 6.07) is 17.9. The zero-order valence-corrected chi connectivity index (χ0v) is 13.3. The van der Waals surface area contributed by atoms with E-state index in [1.54, 1.807) is 6.20 Å². The molecule has 0 atom stereocenters. The summed E-state index contributed by atoms with van der Waals surface area (Å²) in [7, 11) is 0. The van der Waals surface area contributed by atoms with Gasteiger partial charge in [-0.2, -0.15) is 0 Å². The highest BCUT2D eigenvalue weighted by molar-refractivity contribution is 5.78. The molecule has 0 spiro atoms. The molecule has 0 saturated heterocycles. The molecule has 24 heavy (non-hydrogen) atoms. The molecule has 0 radical (unpaired) electrons. The van der Waals surface area contributed by atoms with Crippen LogP contribution in [-0.4, -0.2) is 16.1 Å². The maximum absolute atomic E-state index is 10.7. The fraction of sp³-hybridized carbons (Fsp3) is 0.200. The van der Waals surface area contributed by atoms with Crippen molar-refractivity contribution in [2.45, 2.75) is 25.9 Å². The summed E-state index contributed by atoms with van der Waals surface area (Å²) >= 11 is 0. The lowest BCUT2D eigenvalue weighted by molar-refractivity contribution is -0.137. The van der Waals surface area contributed by atoms with Gasteiger partial charge in [0.2, 0.25) is 0 Å². The van der Waals surface area contributed by atoms with Gasteiger partial charge in [0.1, 0.15) is 12.4 Å². The van der Waals surface area contributed by atoms with Gasteiger partial charge in [-0.15, -0.1) is 0 Å². The quantitative estimate of drug-likeness (QED) is 0.708. The lowest BCUT2D eigenvalue weighted by atomic mass is 10.1. The second-order valence-electron chi connectivity index (χ2n) is 5.67. The maximum Gasteiger partial charge on any atom is 0.303 e. The molecule has 1 N–H and O–H groups in total. The van der Waals surface area contributed by atoms with Crippen molar-refractivity contribution in [1.82, 2.24) is 4.98 Å². The largest absolute Gasteiger partial charge is 0.489 e. The molecular weight excluding hydrogens is 302 g/mol. The van der Waals surface area contributed by atoms with Gasteiger partial charge >= 0.3 is 5.97 Å². The van der Waals surface area contributed by atoms with Crippen molar-refractivity contribution in [3.05, 3.63) is 71.9 Å². The van der Waals surface area contributed by atoms with E-state index in [4.69, 9.17) is 9.84 Å². The number of carboxylic acid groups (broad SMARTS) is 1. The van der Waals surface area contributed by atoms with Crippen LogP contribution in [0, 0.1) is 0 Å². The Morgan fingerprint density at radius 3 is 2.83 bits per heavy atom. The number of nitrogens with zero attached hydrogens (tertiary/aromatic N) is 1. The van der Waals surface area contributed by atoms with E-state index in [1.165, 1.54) is 0 Å². The van der Waals surface area contributed by atoms with E-state index in [2.05, 4.69) is 4.98 Å². The predicted molar refractivity (Wildman–Crippen MR) is 93.1 cm³/mol. The predicted octanol–water partition coefficient (Wildman–Crippen LogP) is 4.22. The van der Waals surface area contributed by atoms with Crippen LogP contribution in [0.3, 0.4) is 0 Å². The molecular formula is C20H19NO3. The van der Waals surface area contributed by atoms with E-state index in [0.29, 0.717) is 19.4 Å². The lowest BCUT2D eigenvalue weighted by Gasteiger charge is -2.11. The van der Waals surface area contributed by atoms with Crippen molar-refractivity contribution in [2.24, 2.45) is 0 Å². The van der Waals surface area contributed by atoms with Crippen LogP contribution in [0.2, 0.25) is 0 Å². The van der Waals surface area contributed by atoms with Gasteiger partial charge in [-0.1, -0.05) is 36.4 Å². The summed E-state index contributed by atoms with van der Waals surface area (Å²) in [4.78, 5) is 15.0. The van der Waals surface area contributed by atoms with Crippen molar-refractivity contribution in [1.29, 1.82) is 0 Å². The number of carbonyl (C=O) groups is 1. The third-order valence-corrected chi connectivity index (χ3v) is 3.87. The molecule has 0 unspecified atom stereocenters. The minimum Gasteiger partial charge on any atom is -0.489 e. The molecule has 0 bridgehead atoms. The van der Waals surface area contributed by atoms with E-state index in [9.17, 15) is 4.79 Å². The van der Waals surface area contributed by atoms with E-state index in [1.807, 2.05) is 54.6 Å². The minimum atomic E-state index is -0.767. The van der Waals surface area contributed by atoms with Crippen LogP contribution in [-0.2, 0) is 17.8 Å². The number of fused-ring (bicyclic) bond motifs is 1. The third kappa shape index (κ3) is 4.10. The number of aromatic nitrogens is 1. The standard InChI is InChI=1S/C20H19NO3/c22-20(23)9-3-6-17-5-1-2-8-19(17)24-14-15-10-11-16-7-4-12-21-18(16)13-15/h1-2,4-5,7-8,10-13H,3,6,9,14H2,(H,22,23). The first-order chi connectivity index (χ1) is 11.7. The number of ether oxygens (including phenoxy) is 1. The van der Waals surface area contributed by atoms with Crippen molar-refractivity contribution >= 4 is 16.9 Å². The fourth-order valence-corrected chi connectivity index (χ4v) is 2.64. The second-order valence-corrected chi connectivity index (χ2v) is 5.67. The number of aliphatic carboxylic acids is 1. The van der Waals surface area contributed by atoms with Crippen LogP contribution in [0.1, 0.15) is 24.0 Å². The monoisotopic (exact) mass is 321 g/mol. The summed E-state index contributed by atoms with van der Waals surface area (Å²) in [5.41, 5.74) is 3.05. The average molecular weight is 321 g/mol. The van der Waals surface area contributed by atoms with Gasteiger partial charge in [0, 0.05) is 18.0 Å². The summed E-state index contributed by atoms with van der Waals surface area (Å²) in [6.07, 6.45) is 3.26. The fourth-order valence-electron chi connectivity index (χ4n) is 2.64. The SMILES string of the molecule is O=C(O)CCCc1ccccc1OCc1ccc2cccnc2c1. The molecule has 1 heterocycles. The molecule has 0 amide bonds. The third-order valence-electron chi connectivity index (χ3n) is 3.87. The van der Waals surface area contributed by atoms with Crippen molar-refractivity contribution in [2.75, 3.05) is 0 Å². The van der Waals surface area contributed by atoms with Gasteiger partial charge in [0.15, 0.2) is 0 Å². The highest BCUT2D eigenvalue weighted by Crippen LogP contribution is 2.22. The van der Waals surface area contributed by atoms with Gasteiger partial charge in [-0.3, -0.25) is 9.78 Å². The van der Waals surface area contributed by atoms with Gasteiger partial charge in [0.25, 0.3) is 0 Å². The van der Waals surface area contributed by atoms with Crippen molar-refractivity contribution < 1.29 is 14.6 Å². The van der Waals surface area contributed by atoms with Crippen LogP contribution >= 0.6 is 0 Å². The Morgan fingerprint density at radius 1 is 1.08 bits per heavy atom. The zero-order valence-electron chi connectivity index (χ0n) is 13.3. The molecule has 1 aromatic heterocycles. The first-order valence-electron chi connectivity index (χ1n) is 7.98. The van der Waals surface area contributed by atoms with Crippen LogP contribution in [0.25, 0.3) is 10.9 Å². The number of aryl methyl sites for hydroxylation is 1. The second kappa shape index (κ2) is 7.59. The molecule has 4 heteroatoms. The molecule has 0 fully saturated rings. The summed E-state index contributed by atoms with van der Waals surface area (Å²) < 4.78 is 5.95. The molecule has 0 aliphatic rings. The van der Waals surface area contributed by atoms with Crippen molar-refractivity contribution in [3.8, 4) is 5.75 Å². The average Bonchev–Trinajstić information content (AvgIpc) is 2.60. The summed E-state index contributed by atoms with van der Waals surface area (Å²) in [5.74, 6) is 0.0427.